The van der Waals surface area contributed by atoms with E-state index in [0.29, 0.717) is 12.2 Å². The van der Waals surface area contributed by atoms with Crippen LogP contribution in [0.1, 0.15) is 10.4 Å². The van der Waals surface area contributed by atoms with Crippen LogP contribution in [-0.2, 0) is 6.54 Å². The van der Waals surface area contributed by atoms with Crippen LogP contribution in [0.3, 0.4) is 0 Å². The molecule has 1 heterocycles. The molecule has 3 aromatic rings. The van der Waals surface area contributed by atoms with Crippen LogP contribution in [0.25, 0.3) is 11.3 Å². The third kappa shape index (κ3) is 3.54. The summed E-state index contributed by atoms with van der Waals surface area (Å²) in [6, 6.07) is 14.2. The molecule has 0 unspecified atom stereocenters. The number of phenols is 1. The lowest BCUT2D eigenvalue weighted by molar-refractivity contribution is 0.0694. The van der Waals surface area contributed by atoms with E-state index in [9.17, 15) is 9.90 Å². The molecule has 0 amide bonds. The second-order valence-corrected chi connectivity index (χ2v) is 6.12. The van der Waals surface area contributed by atoms with Crippen LogP contribution in [-0.4, -0.2) is 20.7 Å². The lowest BCUT2D eigenvalue weighted by atomic mass is 10.2. The SMILES string of the molecule is C=CCn1c(-c2ccccc2)csc1=Nc1ccc(O)c(C(=O)O)c1. The van der Waals surface area contributed by atoms with Crippen molar-refractivity contribution in [1.82, 2.24) is 4.57 Å². The average Bonchev–Trinajstić information content (AvgIpc) is 3.00. The van der Waals surface area contributed by atoms with Crippen LogP contribution in [0.5, 0.6) is 5.75 Å². The Balaban J connectivity index is 2.13. The van der Waals surface area contributed by atoms with E-state index in [-0.39, 0.29) is 11.3 Å². The summed E-state index contributed by atoms with van der Waals surface area (Å²) in [4.78, 5) is 16.4. The molecule has 0 saturated heterocycles. The van der Waals surface area contributed by atoms with Crippen molar-refractivity contribution in [3.05, 3.63) is 76.9 Å². The first-order valence-corrected chi connectivity index (χ1v) is 8.44. The first-order chi connectivity index (χ1) is 12.1. The summed E-state index contributed by atoms with van der Waals surface area (Å²) in [6.07, 6.45) is 1.79. The molecule has 5 nitrogen and oxygen atoms in total. The molecule has 2 aromatic carbocycles. The minimum Gasteiger partial charge on any atom is -0.507 e. The number of benzene rings is 2. The third-order valence-electron chi connectivity index (χ3n) is 3.61. The van der Waals surface area contributed by atoms with Gasteiger partial charge >= 0.3 is 5.97 Å². The van der Waals surface area contributed by atoms with Gasteiger partial charge in [0.1, 0.15) is 11.3 Å². The van der Waals surface area contributed by atoms with Crippen LogP contribution in [0, 0.1) is 0 Å². The molecular formula is C19H16N2O3S. The van der Waals surface area contributed by atoms with E-state index in [1.165, 1.54) is 23.5 Å². The maximum atomic E-state index is 11.2. The summed E-state index contributed by atoms with van der Waals surface area (Å²) in [5, 5.41) is 20.8. The second kappa shape index (κ2) is 7.19. The highest BCUT2D eigenvalue weighted by Gasteiger charge is 2.11. The van der Waals surface area contributed by atoms with Gasteiger partial charge in [0.25, 0.3) is 0 Å². The van der Waals surface area contributed by atoms with Crippen LogP contribution in [0.4, 0.5) is 5.69 Å². The van der Waals surface area contributed by atoms with Crippen molar-refractivity contribution in [3.8, 4) is 17.0 Å². The maximum Gasteiger partial charge on any atom is 0.339 e. The number of carbonyl (C=O) groups is 1. The molecule has 1 aromatic heterocycles. The Labute approximate surface area is 148 Å². The number of carboxylic acids is 1. The van der Waals surface area contributed by atoms with Crippen LogP contribution < -0.4 is 4.80 Å². The molecule has 0 spiro atoms. The van der Waals surface area contributed by atoms with Crippen molar-refractivity contribution in [3.63, 3.8) is 0 Å². The van der Waals surface area contributed by atoms with Gasteiger partial charge in [-0.15, -0.1) is 17.9 Å². The topological polar surface area (TPSA) is 74.8 Å². The quantitative estimate of drug-likeness (QED) is 0.681. The van der Waals surface area contributed by atoms with Crippen molar-refractivity contribution in [2.75, 3.05) is 0 Å². The lowest BCUT2D eigenvalue weighted by Crippen LogP contribution is -2.14. The van der Waals surface area contributed by atoms with Crippen molar-refractivity contribution in [1.29, 1.82) is 0 Å². The predicted octanol–water partition coefficient (Wildman–Crippen LogP) is 4.04. The maximum absolute atomic E-state index is 11.2. The molecule has 0 saturated carbocycles. The second-order valence-electron chi connectivity index (χ2n) is 5.29. The average molecular weight is 352 g/mol. The molecule has 0 fully saturated rings. The van der Waals surface area contributed by atoms with E-state index >= 15 is 0 Å². The molecule has 0 bridgehead atoms. The summed E-state index contributed by atoms with van der Waals surface area (Å²) in [6.45, 7) is 4.38. The number of hydrogen-bond acceptors (Lipinski definition) is 4. The molecule has 6 heteroatoms. The van der Waals surface area contributed by atoms with Gasteiger partial charge in [-0.2, -0.15) is 0 Å². The van der Waals surface area contributed by atoms with Crippen LogP contribution in [0.15, 0.2) is 71.6 Å². The normalized spacial score (nSPS) is 11.4. The number of aromatic carboxylic acids is 1. The van der Waals surface area contributed by atoms with Crippen LogP contribution >= 0.6 is 11.3 Å². The fourth-order valence-corrected chi connectivity index (χ4v) is 3.38. The summed E-state index contributed by atoms with van der Waals surface area (Å²) in [7, 11) is 0. The van der Waals surface area contributed by atoms with E-state index in [1.54, 1.807) is 12.1 Å². The predicted molar refractivity (Wildman–Crippen MR) is 98.2 cm³/mol. The van der Waals surface area contributed by atoms with E-state index in [1.807, 2.05) is 40.3 Å². The van der Waals surface area contributed by atoms with Gasteiger partial charge in [0.05, 0.1) is 11.4 Å². The molecular weight excluding hydrogens is 336 g/mol. The third-order valence-corrected chi connectivity index (χ3v) is 4.48. The van der Waals surface area contributed by atoms with Gasteiger partial charge in [0.2, 0.25) is 0 Å². The fraction of sp³-hybridized carbons (Fsp3) is 0.0526. The van der Waals surface area contributed by atoms with Crippen LogP contribution in [0.2, 0.25) is 0 Å². The Bertz CT molecular complexity index is 987. The fourth-order valence-electron chi connectivity index (χ4n) is 2.44. The molecule has 25 heavy (non-hydrogen) atoms. The summed E-state index contributed by atoms with van der Waals surface area (Å²) in [5.41, 5.74) is 2.38. The summed E-state index contributed by atoms with van der Waals surface area (Å²) in [5.74, 6) is -1.47. The Morgan fingerprint density at radius 3 is 2.68 bits per heavy atom. The van der Waals surface area contributed by atoms with E-state index in [4.69, 9.17) is 5.11 Å². The number of thiazole rings is 1. The number of nitrogens with zero attached hydrogens (tertiary/aromatic N) is 2. The zero-order valence-electron chi connectivity index (χ0n) is 13.3. The molecule has 0 aliphatic carbocycles. The Hall–Kier alpha value is -3.12. The molecule has 0 atom stereocenters. The van der Waals surface area contributed by atoms with Gasteiger partial charge < -0.3 is 14.8 Å². The van der Waals surface area contributed by atoms with E-state index in [2.05, 4.69) is 11.6 Å². The zero-order valence-corrected chi connectivity index (χ0v) is 14.1. The van der Waals surface area contributed by atoms with Gasteiger partial charge in [-0.25, -0.2) is 9.79 Å². The Morgan fingerprint density at radius 1 is 1.24 bits per heavy atom. The highest BCUT2D eigenvalue weighted by atomic mass is 32.1. The van der Waals surface area contributed by atoms with Crippen molar-refractivity contribution in [2.24, 2.45) is 4.99 Å². The van der Waals surface area contributed by atoms with E-state index in [0.717, 1.165) is 16.1 Å². The van der Waals surface area contributed by atoms with Gasteiger partial charge in [-0.3, -0.25) is 0 Å². The molecule has 2 N–H and O–H groups in total. The minimum atomic E-state index is -1.19. The first-order valence-electron chi connectivity index (χ1n) is 7.56. The van der Waals surface area contributed by atoms with Gasteiger partial charge in [0, 0.05) is 11.9 Å². The van der Waals surface area contributed by atoms with Gasteiger partial charge in [0.15, 0.2) is 4.80 Å². The number of aromatic nitrogens is 1. The Morgan fingerprint density at radius 2 is 2.00 bits per heavy atom. The van der Waals surface area contributed by atoms with Crippen molar-refractivity contribution in [2.45, 2.75) is 6.54 Å². The number of carboxylic acid groups (broad SMARTS) is 1. The standard InChI is InChI=1S/C19H16N2O3S/c1-2-10-21-16(13-6-4-3-5-7-13)12-25-19(21)20-14-8-9-17(22)15(11-14)18(23)24/h2-9,11-12,22H,1,10H2,(H,23,24). The smallest absolute Gasteiger partial charge is 0.339 e. The zero-order chi connectivity index (χ0) is 17.8. The largest absolute Gasteiger partial charge is 0.507 e. The highest BCUT2D eigenvalue weighted by Crippen LogP contribution is 2.24. The number of aromatic hydroxyl groups is 1. The van der Waals surface area contributed by atoms with Crippen molar-refractivity contribution >= 4 is 23.0 Å². The number of allylic oxidation sites excluding steroid dienone is 1. The number of hydrogen-bond donors (Lipinski definition) is 2. The number of rotatable bonds is 5. The van der Waals surface area contributed by atoms with E-state index < -0.39 is 5.97 Å². The lowest BCUT2D eigenvalue weighted by Gasteiger charge is -2.06. The Kier molecular flexibility index (Phi) is 4.81. The molecule has 126 valence electrons. The summed E-state index contributed by atoms with van der Waals surface area (Å²) >= 11 is 1.46. The van der Waals surface area contributed by atoms with Gasteiger partial charge in [-0.1, -0.05) is 36.4 Å². The van der Waals surface area contributed by atoms with Crippen molar-refractivity contribution < 1.29 is 15.0 Å². The van der Waals surface area contributed by atoms with Gasteiger partial charge in [-0.05, 0) is 23.8 Å². The summed E-state index contributed by atoms with van der Waals surface area (Å²) < 4.78 is 2.01. The monoisotopic (exact) mass is 352 g/mol. The molecule has 0 radical (unpaired) electrons. The molecule has 3 rings (SSSR count). The molecule has 0 aliphatic heterocycles. The molecule has 0 aliphatic rings. The first kappa shape index (κ1) is 16.7. The highest BCUT2D eigenvalue weighted by molar-refractivity contribution is 7.07. The minimum absolute atomic E-state index is 0.170.